The van der Waals surface area contributed by atoms with Crippen molar-refractivity contribution in [2.75, 3.05) is 5.32 Å². The number of carbonyl (C=O) groups excluding carboxylic acids is 1. The average Bonchev–Trinajstić information content (AvgIpc) is 3.14. The number of rotatable bonds is 5. The highest BCUT2D eigenvalue weighted by molar-refractivity contribution is 6.00. The molecular weight excluding hydrogens is 322 g/mol. The van der Waals surface area contributed by atoms with E-state index in [1.54, 1.807) is 50.5 Å². The lowest BCUT2D eigenvalue weighted by Gasteiger charge is -2.11. The van der Waals surface area contributed by atoms with Gasteiger partial charge in [0.1, 0.15) is 5.75 Å². The summed E-state index contributed by atoms with van der Waals surface area (Å²) in [5.41, 5.74) is 0.891. The Labute approximate surface area is 145 Å². The molecule has 0 unspecified atom stereocenters. The van der Waals surface area contributed by atoms with Crippen molar-refractivity contribution in [1.82, 2.24) is 9.97 Å². The van der Waals surface area contributed by atoms with Crippen molar-refractivity contribution in [1.29, 1.82) is 0 Å². The molecule has 1 fully saturated rings. The van der Waals surface area contributed by atoms with Crippen molar-refractivity contribution in [3.63, 3.8) is 0 Å². The minimum atomic E-state index is -0.937. The Morgan fingerprint density at radius 1 is 1.20 bits per heavy atom. The summed E-state index contributed by atoms with van der Waals surface area (Å²) in [5, 5.41) is 12.0. The maximum Gasteiger partial charge on any atom is 0.321 e. The molecule has 130 valence electrons. The molecule has 2 atom stereocenters. The topological polar surface area (TPSA) is 101 Å². The molecule has 1 aliphatic rings. The fourth-order valence-corrected chi connectivity index (χ4v) is 3.08. The zero-order valence-electron chi connectivity index (χ0n) is 14.2. The first-order valence-electron chi connectivity index (χ1n) is 7.90. The predicted molar refractivity (Wildman–Crippen MR) is 90.3 cm³/mol. The number of aromatic nitrogens is 2. The van der Waals surface area contributed by atoms with Crippen LogP contribution >= 0.6 is 0 Å². The van der Waals surface area contributed by atoms with Crippen LogP contribution in [0.1, 0.15) is 19.4 Å². The molecule has 1 heterocycles. The molecule has 25 heavy (non-hydrogen) atoms. The molecule has 2 N–H and O–H groups in total. The summed E-state index contributed by atoms with van der Waals surface area (Å²) < 4.78 is 5.55. The third kappa shape index (κ3) is 3.31. The Hall–Kier alpha value is -2.96. The van der Waals surface area contributed by atoms with Gasteiger partial charge in [-0.25, -0.2) is 9.97 Å². The maximum atomic E-state index is 12.4. The van der Waals surface area contributed by atoms with Crippen molar-refractivity contribution in [3.05, 3.63) is 42.2 Å². The van der Waals surface area contributed by atoms with Crippen LogP contribution in [0.2, 0.25) is 0 Å². The number of nitrogens with zero attached hydrogens (tertiary/aromatic N) is 2. The molecule has 2 aromatic rings. The van der Waals surface area contributed by atoms with Crippen LogP contribution in [0.15, 0.2) is 36.7 Å². The van der Waals surface area contributed by atoms with Gasteiger partial charge in [-0.3, -0.25) is 9.59 Å². The minimum Gasteiger partial charge on any atom is -0.481 e. The second-order valence-corrected chi connectivity index (χ2v) is 6.71. The molecule has 0 radical (unpaired) electrons. The Bertz CT molecular complexity index is 820. The van der Waals surface area contributed by atoms with E-state index < -0.39 is 23.2 Å². The third-order valence-electron chi connectivity index (χ3n) is 4.58. The molecule has 1 aliphatic carbocycles. The van der Waals surface area contributed by atoms with Gasteiger partial charge in [-0.2, -0.15) is 0 Å². The van der Waals surface area contributed by atoms with E-state index in [9.17, 15) is 14.7 Å². The van der Waals surface area contributed by atoms with Gasteiger partial charge < -0.3 is 15.2 Å². The van der Waals surface area contributed by atoms with Gasteiger partial charge in [-0.05, 0) is 42.2 Å². The van der Waals surface area contributed by atoms with Gasteiger partial charge >= 0.3 is 12.0 Å². The Balaban J connectivity index is 1.70. The Morgan fingerprint density at radius 2 is 1.88 bits per heavy atom. The van der Waals surface area contributed by atoms with Crippen molar-refractivity contribution >= 4 is 17.6 Å². The monoisotopic (exact) mass is 341 g/mol. The summed E-state index contributed by atoms with van der Waals surface area (Å²) in [6.45, 7) is 5.42. The van der Waals surface area contributed by atoms with Crippen LogP contribution in [-0.2, 0) is 9.59 Å². The first-order chi connectivity index (χ1) is 11.8. The number of amides is 1. The second-order valence-electron chi connectivity index (χ2n) is 6.71. The van der Waals surface area contributed by atoms with E-state index in [1.165, 1.54) is 0 Å². The van der Waals surface area contributed by atoms with Crippen molar-refractivity contribution < 1.29 is 19.4 Å². The van der Waals surface area contributed by atoms with Crippen molar-refractivity contribution in [2.24, 2.45) is 17.3 Å². The number of nitrogens with one attached hydrogen (secondary N) is 1. The lowest BCUT2D eigenvalue weighted by molar-refractivity contribution is -0.140. The number of carboxylic acids is 1. The van der Waals surface area contributed by atoms with Gasteiger partial charge in [-0.15, -0.1) is 0 Å². The van der Waals surface area contributed by atoms with Gasteiger partial charge in [-0.1, -0.05) is 13.8 Å². The number of carbonyl (C=O) groups is 2. The molecule has 0 bridgehead atoms. The van der Waals surface area contributed by atoms with Gasteiger partial charge in [0.25, 0.3) is 0 Å². The lowest BCUT2D eigenvalue weighted by Crippen LogP contribution is -2.18. The second kappa shape index (κ2) is 6.16. The van der Waals surface area contributed by atoms with E-state index in [-0.39, 0.29) is 11.9 Å². The standard InChI is InChI=1S/C18H19N3O4/c1-10-9-11(25-17-19-7-4-8-20-17)5-6-12(10)21-15(22)13-14(16(23)24)18(13,2)3/h4-9,13-14H,1-3H3,(H,21,22)(H,23,24)/t13-,14+/m0/s1. The molecule has 1 aromatic heterocycles. The van der Waals surface area contributed by atoms with Crippen LogP contribution in [-0.4, -0.2) is 27.0 Å². The van der Waals surface area contributed by atoms with E-state index >= 15 is 0 Å². The first kappa shape index (κ1) is 16.9. The van der Waals surface area contributed by atoms with Gasteiger partial charge in [0.05, 0.1) is 11.8 Å². The highest BCUT2D eigenvalue weighted by atomic mass is 16.5. The number of aliphatic carboxylic acids is 1. The number of hydrogen-bond acceptors (Lipinski definition) is 5. The summed E-state index contributed by atoms with van der Waals surface area (Å²) in [6.07, 6.45) is 3.17. The number of aryl methyl sites for hydroxylation is 1. The molecule has 7 nitrogen and oxygen atoms in total. The molecule has 0 spiro atoms. The van der Waals surface area contributed by atoms with Crippen molar-refractivity contribution in [3.8, 4) is 11.8 Å². The van der Waals surface area contributed by atoms with Gasteiger partial charge in [0.15, 0.2) is 0 Å². The van der Waals surface area contributed by atoms with E-state index in [0.29, 0.717) is 11.4 Å². The smallest absolute Gasteiger partial charge is 0.321 e. The average molecular weight is 341 g/mol. The van der Waals surface area contributed by atoms with Crippen LogP contribution in [0.25, 0.3) is 0 Å². The lowest BCUT2D eigenvalue weighted by atomic mass is 10.1. The molecule has 1 saturated carbocycles. The van der Waals surface area contributed by atoms with Crippen LogP contribution in [0.4, 0.5) is 5.69 Å². The quantitative estimate of drug-likeness (QED) is 0.867. The molecule has 0 aliphatic heterocycles. The van der Waals surface area contributed by atoms with E-state index in [1.807, 2.05) is 6.92 Å². The first-order valence-corrected chi connectivity index (χ1v) is 7.90. The van der Waals surface area contributed by atoms with E-state index in [0.717, 1.165) is 5.56 Å². The van der Waals surface area contributed by atoms with E-state index in [2.05, 4.69) is 15.3 Å². The minimum absolute atomic E-state index is 0.239. The normalized spacial score (nSPS) is 20.6. The number of benzene rings is 1. The highest BCUT2D eigenvalue weighted by Crippen LogP contribution is 2.58. The summed E-state index contributed by atoms with van der Waals surface area (Å²) in [5.74, 6) is -1.84. The van der Waals surface area contributed by atoms with Gasteiger partial charge in [0, 0.05) is 18.1 Å². The number of ether oxygens (including phenoxy) is 1. The molecule has 7 heteroatoms. The zero-order valence-corrected chi connectivity index (χ0v) is 14.2. The summed E-state index contributed by atoms with van der Waals surface area (Å²) in [4.78, 5) is 31.6. The Kier molecular flexibility index (Phi) is 4.16. The summed E-state index contributed by atoms with van der Waals surface area (Å²) in [6, 6.07) is 7.12. The molecular formula is C18H19N3O4. The summed E-state index contributed by atoms with van der Waals surface area (Å²) >= 11 is 0. The SMILES string of the molecule is Cc1cc(Oc2ncccn2)ccc1NC(=O)[C@@H]1[C@H](C(=O)O)C1(C)C. The number of anilines is 1. The third-order valence-corrected chi connectivity index (χ3v) is 4.58. The largest absolute Gasteiger partial charge is 0.481 e. The number of carboxylic acid groups (broad SMARTS) is 1. The van der Waals surface area contributed by atoms with Crippen LogP contribution in [0.5, 0.6) is 11.8 Å². The van der Waals surface area contributed by atoms with Crippen LogP contribution in [0.3, 0.4) is 0 Å². The highest BCUT2D eigenvalue weighted by Gasteiger charge is 2.65. The van der Waals surface area contributed by atoms with E-state index in [4.69, 9.17) is 4.74 Å². The molecule has 0 saturated heterocycles. The van der Waals surface area contributed by atoms with Gasteiger partial charge in [0.2, 0.25) is 5.91 Å². The fourth-order valence-electron chi connectivity index (χ4n) is 3.08. The molecule has 1 amide bonds. The van der Waals surface area contributed by atoms with Crippen LogP contribution in [0, 0.1) is 24.2 Å². The molecule has 1 aromatic carbocycles. The zero-order chi connectivity index (χ0) is 18.2. The van der Waals surface area contributed by atoms with Crippen LogP contribution < -0.4 is 10.1 Å². The van der Waals surface area contributed by atoms with Crippen molar-refractivity contribution in [2.45, 2.75) is 20.8 Å². The number of hydrogen-bond donors (Lipinski definition) is 2. The maximum absolute atomic E-state index is 12.4. The fraction of sp³-hybridized carbons (Fsp3) is 0.333. The Morgan fingerprint density at radius 3 is 2.44 bits per heavy atom. The predicted octanol–water partition coefficient (Wildman–Crippen LogP) is 2.87. The molecule has 3 rings (SSSR count). The summed E-state index contributed by atoms with van der Waals surface area (Å²) in [7, 11) is 0.